The van der Waals surface area contributed by atoms with E-state index >= 15 is 0 Å². The summed E-state index contributed by atoms with van der Waals surface area (Å²) in [7, 11) is 0. The molecule has 0 aromatic heterocycles. The number of amides is 2. The zero-order chi connectivity index (χ0) is 19.2. The van der Waals surface area contributed by atoms with E-state index in [1.807, 2.05) is 29.2 Å². The van der Waals surface area contributed by atoms with E-state index in [0.29, 0.717) is 5.92 Å². The zero-order valence-corrected chi connectivity index (χ0v) is 17.6. The lowest BCUT2D eigenvalue weighted by Gasteiger charge is -2.25. The lowest BCUT2D eigenvalue weighted by atomic mass is 10.0. The van der Waals surface area contributed by atoms with Crippen LogP contribution in [0.15, 0.2) is 36.4 Å². The van der Waals surface area contributed by atoms with Crippen molar-refractivity contribution < 1.29 is 9.59 Å². The molecule has 28 heavy (non-hydrogen) atoms. The van der Waals surface area contributed by atoms with Gasteiger partial charge in [0.25, 0.3) is 5.91 Å². The van der Waals surface area contributed by atoms with Crippen LogP contribution in [0.1, 0.15) is 45.1 Å². The van der Waals surface area contributed by atoms with Crippen LogP contribution in [0.25, 0.3) is 0 Å². The highest BCUT2D eigenvalue weighted by molar-refractivity contribution is 6.03. The normalized spacial score (nSPS) is 20.0. The highest BCUT2D eigenvalue weighted by Crippen LogP contribution is 2.27. The first-order valence-corrected chi connectivity index (χ1v) is 10.2. The van der Waals surface area contributed by atoms with Gasteiger partial charge in [-0.25, -0.2) is 0 Å². The maximum absolute atomic E-state index is 12.7. The number of rotatable bonds is 6. The van der Waals surface area contributed by atoms with E-state index in [1.54, 1.807) is 6.08 Å². The van der Waals surface area contributed by atoms with Crippen molar-refractivity contribution in [3.63, 3.8) is 0 Å². The number of piperidine rings is 1. The Labute approximate surface area is 174 Å². The first kappa shape index (κ1) is 22.4. The van der Waals surface area contributed by atoms with Crippen LogP contribution in [0.3, 0.4) is 0 Å². The number of hydrogen-bond acceptors (Lipinski definition) is 3. The van der Waals surface area contributed by atoms with Crippen LogP contribution in [0, 0.1) is 5.92 Å². The summed E-state index contributed by atoms with van der Waals surface area (Å²) in [6.07, 6.45) is 8.31. The average Bonchev–Trinajstić information content (AvgIpc) is 3.10. The van der Waals surface area contributed by atoms with Gasteiger partial charge < -0.3 is 15.5 Å². The molecule has 0 bridgehead atoms. The fourth-order valence-corrected chi connectivity index (χ4v) is 3.91. The number of hydrogen-bond donors (Lipinski definition) is 2. The lowest BCUT2D eigenvalue weighted by Crippen LogP contribution is -2.49. The van der Waals surface area contributed by atoms with Crippen molar-refractivity contribution in [1.29, 1.82) is 0 Å². The molecule has 0 spiro atoms. The Morgan fingerprint density at radius 3 is 2.79 bits per heavy atom. The number of para-hydroxylation sites is 1. The van der Waals surface area contributed by atoms with Crippen molar-refractivity contribution in [3.8, 4) is 0 Å². The summed E-state index contributed by atoms with van der Waals surface area (Å²) >= 11 is 0. The smallest absolute Gasteiger partial charge is 0.250 e. The number of fused-ring (bicyclic) bond motifs is 1. The van der Waals surface area contributed by atoms with Gasteiger partial charge in [0.2, 0.25) is 5.91 Å². The van der Waals surface area contributed by atoms with Crippen LogP contribution in [-0.4, -0.2) is 37.0 Å². The average molecular weight is 406 g/mol. The van der Waals surface area contributed by atoms with Gasteiger partial charge in [-0.2, -0.15) is 0 Å². The molecule has 0 aliphatic carbocycles. The van der Waals surface area contributed by atoms with Gasteiger partial charge in [0.15, 0.2) is 0 Å². The Morgan fingerprint density at radius 2 is 2.07 bits per heavy atom. The Morgan fingerprint density at radius 1 is 1.29 bits per heavy atom. The number of nitrogens with one attached hydrogen (secondary N) is 2. The Kier molecular flexibility index (Phi) is 8.52. The van der Waals surface area contributed by atoms with Crippen LogP contribution in [-0.2, 0) is 16.0 Å². The number of carbonyl (C=O) groups excluding carboxylic acids is 2. The van der Waals surface area contributed by atoms with Gasteiger partial charge in [0.1, 0.15) is 0 Å². The summed E-state index contributed by atoms with van der Waals surface area (Å²) in [5, 5.41) is 6.41. The van der Waals surface area contributed by atoms with Crippen LogP contribution in [0.5, 0.6) is 0 Å². The molecule has 1 aromatic carbocycles. The molecule has 6 heteroatoms. The summed E-state index contributed by atoms with van der Waals surface area (Å²) in [5.41, 5.74) is 2.22. The van der Waals surface area contributed by atoms with Crippen molar-refractivity contribution in [2.24, 2.45) is 5.92 Å². The summed E-state index contributed by atoms with van der Waals surface area (Å²) in [6, 6.07) is 7.82. The molecular formula is C22H32ClN3O2. The molecular weight excluding hydrogens is 374 g/mol. The fraction of sp³-hybridized carbons (Fsp3) is 0.545. The molecule has 2 atom stereocenters. The van der Waals surface area contributed by atoms with Gasteiger partial charge in [-0.05, 0) is 49.8 Å². The minimum Gasteiger partial charge on any atom is -0.349 e. The Balaban J connectivity index is 0.00000280. The first-order valence-electron chi connectivity index (χ1n) is 10.2. The van der Waals surface area contributed by atoms with Crippen LogP contribution in [0.4, 0.5) is 5.69 Å². The van der Waals surface area contributed by atoms with E-state index < -0.39 is 0 Å². The number of carbonyl (C=O) groups is 2. The minimum absolute atomic E-state index is 0. The largest absolute Gasteiger partial charge is 0.349 e. The summed E-state index contributed by atoms with van der Waals surface area (Å²) in [6.45, 7) is 5.88. The second-order valence-electron chi connectivity index (χ2n) is 7.97. The number of halogens is 1. The number of benzene rings is 1. The van der Waals surface area contributed by atoms with E-state index in [-0.39, 0.29) is 36.3 Å². The predicted molar refractivity (Wildman–Crippen MR) is 116 cm³/mol. The van der Waals surface area contributed by atoms with E-state index in [1.165, 1.54) is 5.56 Å². The maximum Gasteiger partial charge on any atom is 0.250 e. The monoisotopic (exact) mass is 405 g/mol. The van der Waals surface area contributed by atoms with Crippen LogP contribution < -0.4 is 15.5 Å². The van der Waals surface area contributed by atoms with Gasteiger partial charge in [-0.1, -0.05) is 44.5 Å². The SMILES string of the molecule is CC(C)C[C@@H](/C=C/C(=O)N1CCc2ccccc21)NC(=O)C1CCCCN1.Cl. The molecule has 3 rings (SSSR count). The quantitative estimate of drug-likeness (QED) is 0.714. The van der Waals surface area contributed by atoms with Crippen LogP contribution in [0.2, 0.25) is 0 Å². The number of nitrogens with zero attached hydrogens (tertiary/aromatic N) is 1. The molecule has 2 heterocycles. The standard InChI is InChI=1S/C22H31N3O2.ClH/c1-16(2)15-18(24-22(27)19-8-5-6-13-23-19)10-11-21(26)25-14-12-17-7-3-4-9-20(17)25;/h3-4,7,9-11,16,18-19,23H,5-6,8,12-15H2,1-2H3,(H,24,27);1H/b11-10+;/t18-,19?;/m1./s1. The summed E-state index contributed by atoms with van der Waals surface area (Å²) in [4.78, 5) is 27.1. The van der Waals surface area contributed by atoms with E-state index in [0.717, 1.165) is 50.9 Å². The highest BCUT2D eigenvalue weighted by Gasteiger charge is 2.24. The van der Waals surface area contributed by atoms with Crippen LogP contribution >= 0.6 is 12.4 Å². The predicted octanol–water partition coefficient (Wildman–Crippen LogP) is 3.23. The second-order valence-corrected chi connectivity index (χ2v) is 7.97. The molecule has 2 aliphatic rings. The van der Waals surface area contributed by atoms with Crippen molar-refractivity contribution in [3.05, 3.63) is 42.0 Å². The molecule has 1 aromatic rings. The van der Waals surface area contributed by atoms with Crippen molar-refractivity contribution in [2.75, 3.05) is 18.0 Å². The molecule has 2 amide bonds. The highest BCUT2D eigenvalue weighted by atomic mass is 35.5. The molecule has 2 aliphatic heterocycles. The molecule has 1 saturated heterocycles. The van der Waals surface area contributed by atoms with E-state index in [4.69, 9.17) is 0 Å². The molecule has 1 fully saturated rings. The second kappa shape index (κ2) is 10.6. The molecule has 5 nitrogen and oxygen atoms in total. The third-order valence-electron chi connectivity index (χ3n) is 5.30. The molecule has 154 valence electrons. The summed E-state index contributed by atoms with van der Waals surface area (Å²) < 4.78 is 0. The van der Waals surface area contributed by atoms with Gasteiger partial charge >= 0.3 is 0 Å². The van der Waals surface area contributed by atoms with E-state index in [9.17, 15) is 9.59 Å². The molecule has 0 saturated carbocycles. The zero-order valence-electron chi connectivity index (χ0n) is 16.8. The fourth-order valence-electron chi connectivity index (χ4n) is 3.91. The van der Waals surface area contributed by atoms with Gasteiger partial charge in [0, 0.05) is 24.4 Å². The lowest BCUT2D eigenvalue weighted by molar-refractivity contribution is -0.124. The third-order valence-corrected chi connectivity index (χ3v) is 5.30. The van der Waals surface area contributed by atoms with E-state index in [2.05, 4.69) is 30.5 Å². The first-order chi connectivity index (χ1) is 13.0. The molecule has 0 radical (unpaired) electrons. The van der Waals surface area contributed by atoms with Crippen molar-refractivity contribution >= 4 is 29.9 Å². The molecule has 1 unspecified atom stereocenters. The van der Waals surface area contributed by atoms with Gasteiger partial charge in [0.05, 0.1) is 6.04 Å². The van der Waals surface area contributed by atoms with Gasteiger partial charge in [-0.15, -0.1) is 12.4 Å². The minimum atomic E-state index is -0.122. The number of anilines is 1. The molecule has 2 N–H and O–H groups in total. The maximum atomic E-state index is 12.7. The summed E-state index contributed by atoms with van der Waals surface area (Å²) in [5.74, 6) is 0.463. The van der Waals surface area contributed by atoms with Crippen molar-refractivity contribution in [1.82, 2.24) is 10.6 Å². The Bertz CT molecular complexity index is 699. The van der Waals surface area contributed by atoms with Crippen molar-refractivity contribution in [2.45, 2.75) is 58.0 Å². The Hall–Kier alpha value is -1.85. The topological polar surface area (TPSA) is 61.4 Å². The third kappa shape index (κ3) is 5.82. The van der Waals surface area contributed by atoms with Gasteiger partial charge in [-0.3, -0.25) is 9.59 Å².